The predicted molar refractivity (Wildman–Crippen MR) is 293 cm³/mol. The van der Waals surface area contributed by atoms with Crippen LogP contribution in [0, 0.1) is 0 Å². The van der Waals surface area contributed by atoms with Crippen molar-refractivity contribution in [1.29, 1.82) is 0 Å². The first kappa shape index (κ1) is 67.0. The topological polar surface area (TPSA) is 214 Å². The quantitative estimate of drug-likeness (QED) is 0.0172. The summed E-state index contributed by atoms with van der Waals surface area (Å²) in [6, 6.07) is 0. The molecule has 0 aromatic carbocycles. The van der Waals surface area contributed by atoms with E-state index >= 15 is 0 Å². The van der Waals surface area contributed by atoms with Crippen molar-refractivity contribution in [3.05, 3.63) is 97.2 Å². The number of aliphatic hydroxyl groups is 7. The number of hydrogen-bond donors (Lipinski definition) is 7. The van der Waals surface area contributed by atoms with Crippen LogP contribution < -0.4 is 0 Å². The highest BCUT2D eigenvalue weighted by Gasteiger charge is 2.47. The van der Waals surface area contributed by atoms with Crippen molar-refractivity contribution in [2.24, 2.45) is 0 Å². The van der Waals surface area contributed by atoms with Crippen LogP contribution in [-0.4, -0.2) is 142 Å². The zero-order chi connectivity index (χ0) is 53.7. The van der Waals surface area contributed by atoms with E-state index in [0.717, 1.165) is 122 Å². The van der Waals surface area contributed by atoms with Crippen LogP contribution in [0.4, 0.5) is 0 Å². The first-order chi connectivity index (χ1) is 36.1. The SMILES string of the molecule is CC/C=C\C/C=C\C/C=C\C/C=C\C/C=C\C/C=C\CCCCCCCOCC(COC1OC(COC2OC(CO)C(O)C(O)C2O)C(O)C(O)C1O)OC(=O)CCCCCCC/C=C\C/C=C\CCCCCC. The average molecular weight is 1050 g/mol. The van der Waals surface area contributed by atoms with E-state index in [0.29, 0.717) is 13.0 Å². The fraction of sp³-hybridized carbons (Fsp3) is 0.717. The summed E-state index contributed by atoms with van der Waals surface area (Å²) >= 11 is 0. The van der Waals surface area contributed by atoms with Crippen molar-refractivity contribution in [3.63, 3.8) is 0 Å². The second kappa shape index (κ2) is 46.0. The Morgan fingerprint density at radius 3 is 1.38 bits per heavy atom. The van der Waals surface area contributed by atoms with Gasteiger partial charge in [0.25, 0.3) is 0 Å². The molecule has 2 fully saturated rings. The van der Waals surface area contributed by atoms with Gasteiger partial charge in [0.2, 0.25) is 0 Å². The third-order valence-electron chi connectivity index (χ3n) is 12.8. The van der Waals surface area contributed by atoms with Gasteiger partial charge in [0.15, 0.2) is 12.6 Å². The van der Waals surface area contributed by atoms with Crippen molar-refractivity contribution in [2.75, 3.05) is 33.0 Å². The molecule has 0 radical (unpaired) electrons. The lowest BCUT2D eigenvalue weighted by atomic mass is 9.98. The maximum absolute atomic E-state index is 13.0. The molecule has 11 atom stereocenters. The monoisotopic (exact) mass is 1040 g/mol. The van der Waals surface area contributed by atoms with E-state index in [4.69, 9.17) is 28.4 Å². The average Bonchev–Trinajstić information content (AvgIpc) is 3.40. The fourth-order valence-electron chi connectivity index (χ4n) is 8.26. The summed E-state index contributed by atoms with van der Waals surface area (Å²) in [6.45, 7) is 3.47. The fourth-order valence-corrected chi connectivity index (χ4v) is 8.26. The molecule has 2 aliphatic heterocycles. The lowest BCUT2D eigenvalue weighted by molar-refractivity contribution is -0.332. The molecule has 0 bridgehead atoms. The Bertz CT molecular complexity index is 1590. The summed E-state index contributed by atoms with van der Waals surface area (Å²) < 4.78 is 34.3. The molecule has 424 valence electrons. The largest absolute Gasteiger partial charge is 0.457 e. The van der Waals surface area contributed by atoms with Gasteiger partial charge in [-0.25, -0.2) is 0 Å². The van der Waals surface area contributed by atoms with Crippen LogP contribution in [0.25, 0.3) is 0 Å². The van der Waals surface area contributed by atoms with Gasteiger partial charge in [-0.3, -0.25) is 4.79 Å². The minimum atomic E-state index is -1.72. The van der Waals surface area contributed by atoms with Crippen LogP contribution in [-0.2, 0) is 33.2 Å². The number of unbranched alkanes of at least 4 members (excludes halogenated alkanes) is 14. The van der Waals surface area contributed by atoms with Crippen LogP contribution in [0.3, 0.4) is 0 Å². The smallest absolute Gasteiger partial charge is 0.306 e. The van der Waals surface area contributed by atoms with E-state index in [1.807, 2.05) is 0 Å². The van der Waals surface area contributed by atoms with Crippen molar-refractivity contribution in [1.82, 2.24) is 0 Å². The predicted octanol–water partition coefficient (Wildman–Crippen LogP) is 9.80. The van der Waals surface area contributed by atoms with Crippen molar-refractivity contribution >= 4 is 5.97 Å². The van der Waals surface area contributed by atoms with Gasteiger partial charge in [-0.1, -0.05) is 169 Å². The molecule has 2 aliphatic rings. The Morgan fingerprint density at radius 2 is 0.878 bits per heavy atom. The normalized spacial score (nSPS) is 25.5. The van der Waals surface area contributed by atoms with Crippen molar-refractivity contribution in [3.8, 4) is 0 Å². The third-order valence-corrected chi connectivity index (χ3v) is 12.8. The highest BCUT2D eigenvalue weighted by Crippen LogP contribution is 2.26. The minimum absolute atomic E-state index is 0.0360. The summed E-state index contributed by atoms with van der Waals surface area (Å²) in [6.07, 6.45) is 44.6. The second-order valence-electron chi connectivity index (χ2n) is 19.4. The van der Waals surface area contributed by atoms with E-state index in [1.165, 1.54) is 25.7 Å². The van der Waals surface area contributed by atoms with Gasteiger partial charge in [-0.05, 0) is 96.3 Å². The Labute approximate surface area is 445 Å². The number of aliphatic hydroxyl groups excluding tert-OH is 7. The number of hydrogen-bond acceptors (Lipinski definition) is 14. The van der Waals surface area contributed by atoms with E-state index in [9.17, 15) is 40.5 Å². The van der Waals surface area contributed by atoms with Crippen LogP contribution in [0.1, 0.15) is 174 Å². The standard InChI is InChI=1S/C60H100O14/c1-3-5-7-9-11-13-15-17-19-21-22-23-24-25-26-27-28-30-32-34-36-38-40-42-44-69-46-49(72-52(62)43-41-39-37-35-33-31-29-20-18-16-14-12-10-8-6-4-2)47-70-59-58(68)56(66)54(64)51(74-59)48-71-60-57(67)55(65)53(63)50(45-61)73-60/h5,7,11,13-14,16-17,19-20,22-23,25-26,28-30,49-51,53-61,63-68H,3-4,6,8-10,12,15,18,21,24,27,31-48H2,1-2H3/b7-5-,13-11-,16-14-,19-17-,23-22-,26-25-,29-20-,30-28-. The molecule has 14 heteroatoms. The molecule has 0 aliphatic carbocycles. The third kappa shape index (κ3) is 32.5. The number of rotatable bonds is 44. The van der Waals surface area contributed by atoms with Crippen LogP contribution >= 0.6 is 0 Å². The molecular formula is C60H100O14. The zero-order valence-electron chi connectivity index (χ0n) is 45.3. The van der Waals surface area contributed by atoms with Gasteiger partial charge in [0.1, 0.15) is 54.9 Å². The molecule has 0 saturated carbocycles. The number of esters is 1. The van der Waals surface area contributed by atoms with E-state index in [1.54, 1.807) is 0 Å². The first-order valence-electron chi connectivity index (χ1n) is 28.3. The number of carbonyl (C=O) groups excluding carboxylic acids is 1. The van der Waals surface area contributed by atoms with Crippen LogP contribution in [0.5, 0.6) is 0 Å². The van der Waals surface area contributed by atoms with Gasteiger partial charge in [0, 0.05) is 13.0 Å². The molecule has 0 aromatic heterocycles. The molecule has 2 rings (SSSR count). The van der Waals surface area contributed by atoms with Gasteiger partial charge in [-0.15, -0.1) is 0 Å². The summed E-state index contributed by atoms with van der Waals surface area (Å²) in [5, 5.41) is 72.3. The van der Waals surface area contributed by atoms with Crippen LogP contribution in [0.15, 0.2) is 97.2 Å². The molecular weight excluding hydrogens is 945 g/mol. The second-order valence-corrected chi connectivity index (χ2v) is 19.4. The van der Waals surface area contributed by atoms with Gasteiger partial charge in [-0.2, -0.15) is 0 Å². The lowest BCUT2D eigenvalue weighted by Crippen LogP contribution is -2.61. The maximum Gasteiger partial charge on any atom is 0.306 e. The molecule has 11 unspecified atom stereocenters. The molecule has 2 saturated heterocycles. The molecule has 0 aromatic rings. The van der Waals surface area contributed by atoms with Gasteiger partial charge < -0.3 is 64.2 Å². The molecule has 0 amide bonds. The van der Waals surface area contributed by atoms with Crippen molar-refractivity contribution in [2.45, 2.75) is 242 Å². The molecule has 2 heterocycles. The molecule has 14 nitrogen and oxygen atoms in total. The number of ether oxygens (including phenoxy) is 6. The summed E-state index contributed by atoms with van der Waals surface area (Å²) in [7, 11) is 0. The Kier molecular flexibility index (Phi) is 41.7. The minimum Gasteiger partial charge on any atom is -0.457 e. The summed E-state index contributed by atoms with van der Waals surface area (Å²) in [5.74, 6) is -0.401. The molecule has 74 heavy (non-hydrogen) atoms. The number of allylic oxidation sites excluding steroid dienone is 16. The lowest BCUT2D eigenvalue weighted by Gasteiger charge is -2.42. The molecule has 0 spiro atoms. The number of carbonyl (C=O) groups is 1. The summed E-state index contributed by atoms with van der Waals surface area (Å²) in [4.78, 5) is 13.0. The highest BCUT2D eigenvalue weighted by molar-refractivity contribution is 5.69. The van der Waals surface area contributed by atoms with Gasteiger partial charge >= 0.3 is 5.97 Å². The Morgan fingerprint density at radius 1 is 0.459 bits per heavy atom. The zero-order valence-corrected chi connectivity index (χ0v) is 45.3. The van der Waals surface area contributed by atoms with E-state index in [-0.39, 0.29) is 19.6 Å². The van der Waals surface area contributed by atoms with Crippen molar-refractivity contribution < 1.29 is 69.0 Å². The first-order valence-corrected chi connectivity index (χ1v) is 28.3. The van der Waals surface area contributed by atoms with Gasteiger partial charge in [0.05, 0.1) is 26.4 Å². The Balaban J connectivity index is 1.74. The maximum atomic E-state index is 13.0. The van der Waals surface area contributed by atoms with Crippen LogP contribution in [0.2, 0.25) is 0 Å². The highest BCUT2D eigenvalue weighted by atomic mass is 16.7. The van der Waals surface area contributed by atoms with E-state index < -0.39 is 86.7 Å². The Hall–Kier alpha value is -3.09. The van der Waals surface area contributed by atoms with E-state index in [2.05, 4.69) is 111 Å². The summed E-state index contributed by atoms with van der Waals surface area (Å²) in [5.41, 5.74) is 0. The molecule has 7 N–H and O–H groups in total.